The number of rotatable bonds is 4. The fourth-order valence-corrected chi connectivity index (χ4v) is 4.35. The molecule has 0 bridgehead atoms. The van der Waals surface area contributed by atoms with E-state index in [2.05, 4.69) is 47.6 Å². The minimum absolute atomic E-state index is 0.300. The van der Waals surface area contributed by atoms with Gasteiger partial charge in [0.1, 0.15) is 16.5 Å². The van der Waals surface area contributed by atoms with Crippen LogP contribution < -0.4 is 0 Å². The number of benzene rings is 1. The van der Waals surface area contributed by atoms with Crippen molar-refractivity contribution in [1.82, 2.24) is 40.5 Å². The van der Waals surface area contributed by atoms with Crippen LogP contribution in [0.4, 0.5) is 0 Å². The highest BCUT2D eigenvalue weighted by Gasteiger charge is 2.27. The van der Waals surface area contributed by atoms with Gasteiger partial charge in [-0.25, -0.2) is 9.97 Å². The molecule has 1 saturated heterocycles. The molecular weight excluding hydrogens is 348 g/mol. The molecule has 0 saturated carbocycles. The molecule has 0 amide bonds. The summed E-state index contributed by atoms with van der Waals surface area (Å²) in [6.07, 6.45) is 3.55. The smallest absolute Gasteiger partial charge is 0.223 e. The number of nitrogens with one attached hydrogen (secondary N) is 2. The van der Waals surface area contributed by atoms with E-state index >= 15 is 0 Å². The van der Waals surface area contributed by atoms with E-state index in [0.29, 0.717) is 11.9 Å². The number of fused-ring (bicyclic) bond motifs is 1. The average molecular weight is 366 g/mol. The number of aromatic nitrogens is 7. The normalized spacial score (nSPS) is 18.5. The Balaban J connectivity index is 1.39. The molecule has 1 aliphatic rings. The van der Waals surface area contributed by atoms with Crippen LogP contribution in [0.25, 0.3) is 22.6 Å². The SMILES string of the molecule is c1ccc2[nH]c(C3CCCCN3Cc3nc(-c4nn[nH]n4)cs3)nc2c1. The maximum absolute atomic E-state index is 4.83. The predicted molar refractivity (Wildman–Crippen MR) is 98.4 cm³/mol. The standard InChI is InChI=1S/C17H18N8S/c1-2-6-12-11(5-1)19-17(20-12)14-7-3-4-8-25(14)9-15-18-13(10-26-15)16-21-23-24-22-16/h1-2,5-6,10,14H,3-4,7-9H2,(H,19,20)(H,21,22,23,24). The summed E-state index contributed by atoms with van der Waals surface area (Å²) in [4.78, 5) is 15.5. The van der Waals surface area contributed by atoms with Gasteiger partial charge in [0.2, 0.25) is 5.82 Å². The van der Waals surface area contributed by atoms with Gasteiger partial charge in [0.15, 0.2) is 0 Å². The third-order valence-corrected chi connectivity index (χ3v) is 5.64. The van der Waals surface area contributed by atoms with Gasteiger partial charge in [-0.15, -0.1) is 21.5 Å². The van der Waals surface area contributed by atoms with Crippen molar-refractivity contribution in [3.05, 3.63) is 40.5 Å². The van der Waals surface area contributed by atoms with Crippen LogP contribution >= 0.6 is 11.3 Å². The zero-order valence-corrected chi connectivity index (χ0v) is 14.9. The molecule has 3 aromatic heterocycles. The number of tetrazole rings is 1. The van der Waals surface area contributed by atoms with E-state index < -0.39 is 0 Å². The number of H-pyrrole nitrogens is 2. The lowest BCUT2D eigenvalue weighted by molar-refractivity contribution is 0.134. The second-order valence-corrected chi connectivity index (χ2v) is 7.43. The second kappa shape index (κ2) is 6.58. The van der Waals surface area contributed by atoms with E-state index in [1.807, 2.05) is 17.5 Å². The van der Waals surface area contributed by atoms with Crippen molar-refractivity contribution in [2.45, 2.75) is 31.8 Å². The number of nitrogens with zero attached hydrogens (tertiary/aromatic N) is 6. The first kappa shape index (κ1) is 15.6. The van der Waals surface area contributed by atoms with E-state index in [4.69, 9.17) is 4.98 Å². The van der Waals surface area contributed by atoms with Crippen molar-refractivity contribution in [2.75, 3.05) is 6.54 Å². The van der Waals surface area contributed by atoms with Gasteiger partial charge in [0, 0.05) is 5.38 Å². The number of hydrogen-bond donors (Lipinski definition) is 2. The summed E-state index contributed by atoms with van der Waals surface area (Å²) in [7, 11) is 0. The van der Waals surface area contributed by atoms with Crippen molar-refractivity contribution in [2.24, 2.45) is 0 Å². The van der Waals surface area contributed by atoms with E-state index in [1.165, 1.54) is 12.8 Å². The molecule has 1 aliphatic heterocycles. The zero-order valence-electron chi connectivity index (χ0n) is 14.1. The predicted octanol–water partition coefficient (Wildman–Crippen LogP) is 2.93. The maximum atomic E-state index is 4.83. The topological polar surface area (TPSA) is 99.3 Å². The molecule has 0 aliphatic carbocycles. The molecule has 1 atom stereocenters. The number of thiazole rings is 1. The quantitative estimate of drug-likeness (QED) is 0.576. The highest BCUT2D eigenvalue weighted by atomic mass is 32.1. The van der Waals surface area contributed by atoms with Gasteiger partial charge < -0.3 is 4.98 Å². The van der Waals surface area contributed by atoms with Crippen LogP contribution in [0.15, 0.2) is 29.6 Å². The number of imidazole rings is 1. The molecular formula is C17H18N8S. The van der Waals surface area contributed by atoms with Crippen LogP contribution in [-0.4, -0.2) is 47.0 Å². The van der Waals surface area contributed by atoms with Crippen LogP contribution in [-0.2, 0) is 6.54 Å². The monoisotopic (exact) mass is 366 g/mol. The molecule has 4 aromatic rings. The van der Waals surface area contributed by atoms with Gasteiger partial charge >= 0.3 is 0 Å². The van der Waals surface area contributed by atoms with Gasteiger partial charge in [-0.2, -0.15) is 5.21 Å². The summed E-state index contributed by atoms with van der Waals surface area (Å²) in [6, 6.07) is 8.50. The number of hydrogen-bond acceptors (Lipinski definition) is 7. The summed E-state index contributed by atoms with van der Waals surface area (Å²) >= 11 is 1.64. The Labute approximate surface area is 153 Å². The Morgan fingerprint density at radius 3 is 3.04 bits per heavy atom. The number of likely N-dealkylation sites (tertiary alicyclic amines) is 1. The summed E-state index contributed by atoms with van der Waals surface area (Å²) in [6.45, 7) is 1.86. The number of aromatic amines is 2. The summed E-state index contributed by atoms with van der Waals surface area (Å²) in [5, 5.41) is 17.1. The average Bonchev–Trinajstić information content (AvgIpc) is 3.42. The van der Waals surface area contributed by atoms with Crippen molar-refractivity contribution >= 4 is 22.4 Å². The molecule has 1 fully saturated rings. The van der Waals surface area contributed by atoms with Gasteiger partial charge in [-0.3, -0.25) is 4.90 Å². The second-order valence-electron chi connectivity index (χ2n) is 6.48. The van der Waals surface area contributed by atoms with Crippen molar-refractivity contribution in [3.63, 3.8) is 0 Å². The Morgan fingerprint density at radius 2 is 2.15 bits per heavy atom. The van der Waals surface area contributed by atoms with Gasteiger partial charge in [-0.05, 0) is 36.7 Å². The van der Waals surface area contributed by atoms with Crippen molar-refractivity contribution in [1.29, 1.82) is 0 Å². The Bertz CT molecular complexity index is 972. The van der Waals surface area contributed by atoms with Crippen molar-refractivity contribution < 1.29 is 0 Å². The Hall–Kier alpha value is -2.65. The number of piperidine rings is 1. The molecule has 8 nitrogen and oxygen atoms in total. The van der Waals surface area contributed by atoms with Gasteiger partial charge in [0.05, 0.1) is 23.6 Å². The Morgan fingerprint density at radius 1 is 1.19 bits per heavy atom. The molecule has 1 unspecified atom stereocenters. The van der Waals surface area contributed by atoms with Gasteiger partial charge in [-0.1, -0.05) is 18.6 Å². The van der Waals surface area contributed by atoms with Crippen LogP contribution in [0.2, 0.25) is 0 Å². The maximum Gasteiger partial charge on any atom is 0.223 e. The lowest BCUT2D eigenvalue weighted by Crippen LogP contribution is -2.33. The van der Waals surface area contributed by atoms with E-state index in [0.717, 1.165) is 47.1 Å². The van der Waals surface area contributed by atoms with Gasteiger partial charge in [0.25, 0.3) is 0 Å². The molecule has 26 heavy (non-hydrogen) atoms. The minimum Gasteiger partial charge on any atom is -0.341 e. The summed E-state index contributed by atoms with van der Waals surface area (Å²) < 4.78 is 0. The molecule has 1 aromatic carbocycles. The molecule has 4 heterocycles. The fraction of sp³-hybridized carbons (Fsp3) is 0.353. The minimum atomic E-state index is 0.300. The largest absolute Gasteiger partial charge is 0.341 e. The first-order valence-electron chi connectivity index (χ1n) is 8.74. The molecule has 0 radical (unpaired) electrons. The first-order chi connectivity index (χ1) is 12.9. The highest BCUT2D eigenvalue weighted by Crippen LogP contribution is 2.32. The summed E-state index contributed by atoms with van der Waals surface area (Å²) in [5.74, 6) is 1.60. The molecule has 0 spiro atoms. The molecule has 132 valence electrons. The zero-order chi connectivity index (χ0) is 17.3. The van der Waals surface area contributed by atoms with Crippen LogP contribution in [0.1, 0.15) is 36.1 Å². The fourth-order valence-electron chi connectivity index (χ4n) is 3.55. The molecule has 5 rings (SSSR count). The van der Waals surface area contributed by atoms with Crippen LogP contribution in [0.5, 0.6) is 0 Å². The molecule has 9 heteroatoms. The summed E-state index contributed by atoms with van der Waals surface area (Å²) in [5.41, 5.74) is 2.90. The third kappa shape index (κ3) is 2.89. The van der Waals surface area contributed by atoms with E-state index in [-0.39, 0.29) is 0 Å². The van der Waals surface area contributed by atoms with Crippen LogP contribution in [0, 0.1) is 0 Å². The lowest BCUT2D eigenvalue weighted by Gasteiger charge is -2.33. The van der Waals surface area contributed by atoms with E-state index in [1.54, 1.807) is 11.3 Å². The molecule has 2 N–H and O–H groups in total. The lowest BCUT2D eigenvalue weighted by atomic mass is 10.0. The van der Waals surface area contributed by atoms with Crippen molar-refractivity contribution in [3.8, 4) is 11.5 Å². The number of para-hydroxylation sites is 2. The van der Waals surface area contributed by atoms with E-state index in [9.17, 15) is 0 Å². The highest BCUT2D eigenvalue weighted by molar-refractivity contribution is 7.09. The Kier molecular flexibility index (Phi) is 3.95. The first-order valence-corrected chi connectivity index (χ1v) is 9.62. The third-order valence-electron chi connectivity index (χ3n) is 4.80. The van der Waals surface area contributed by atoms with Crippen LogP contribution in [0.3, 0.4) is 0 Å².